The molecule has 1 aromatic rings. The molecule has 0 aliphatic carbocycles. The van der Waals surface area contributed by atoms with Crippen molar-refractivity contribution in [3.05, 3.63) is 47.8 Å². The van der Waals surface area contributed by atoms with Crippen LogP contribution in [0.4, 0.5) is 0 Å². The molecule has 0 aromatic heterocycles. The number of hydrogen-bond donors (Lipinski definition) is 0. The topological polar surface area (TPSA) is 18.5 Å². The summed E-state index contributed by atoms with van der Waals surface area (Å²) in [5.74, 6) is 0. The Morgan fingerprint density at radius 3 is 2.40 bits per heavy atom. The Morgan fingerprint density at radius 1 is 1.15 bits per heavy atom. The van der Waals surface area contributed by atoms with E-state index in [1.54, 1.807) is 14.2 Å². The molecule has 0 saturated carbocycles. The second-order valence-electron chi connectivity index (χ2n) is 5.43. The number of hydrogen-bond acceptors (Lipinski definition) is 2. The van der Waals surface area contributed by atoms with Gasteiger partial charge in [0, 0.05) is 14.2 Å². The second-order valence-corrected chi connectivity index (χ2v) is 9.74. The van der Waals surface area contributed by atoms with Crippen molar-refractivity contribution in [3.63, 3.8) is 0 Å². The monoisotopic (exact) mass is 290 g/mol. The number of ether oxygens (including phenoxy) is 2. The highest BCUT2D eigenvalue weighted by Gasteiger charge is 2.18. The van der Waals surface area contributed by atoms with Crippen LogP contribution in [0.5, 0.6) is 0 Å². The van der Waals surface area contributed by atoms with Crippen LogP contribution in [0, 0.1) is 0 Å². The van der Waals surface area contributed by atoms with E-state index in [4.69, 9.17) is 9.47 Å². The van der Waals surface area contributed by atoms with E-state index < -0.39 is 8.07 Å². The molecule has 1 rings (SSSR count). The highest BCUT2D eigenvalue weighted by atomic mass is 28.3. The van der Waals surface area contributed by atoms with Gasteiger partial charge in [-0.15, -0.1) is 5.73 Å². The van der Waals surface area contributed by atoms with Gasteiger partial charge in [-0.2, -0.15) is 0 Å². The minimum atomic E-state index is -1.49. The first-order chi connectivity index (χ1) is 9.60. The number of unbranched alkanes of at least 4 members (excludes halogenated alkanes) is 1. The van der Waals surface area contributed by atoms with Crippen LogP contribution in [-0.2, 0) is 9.47 Å². The SMILES string of the molecule is COC(CCCC=C=C[Si](C)(C)c1ccccc1)OC. The van der Waals surface area contributed by atoms with Crippen LogP contribution in [-0.4, -0.2) is 28.6 Å². The molecular weight excluding hydrogens is 264 g/mol. The first kappa shape index (κ1) is 16.9. The average Bonchev–Trinajstić information content (AvgIpc) is 2.47. The standard InChI is InChI=1S/C17H26O2Si/c1-18-17(19-2)14-10-5-6-11-15-20(3,4)16-12-8-7-9-13-16/h6-9,12-13,15,17H,5,10,14H2,1-4H3. The Kier molecular flexibility index (Phi) is 7.56. The van der Waals surface area contributed by atoms with Gasteiger partial charge in [0.25, 0.3) is 0 Å². The van der Waals surface area contributed by atoms with E-state index in [2.05, 4.69) is 60.9 Å². The molecule has 0 heterocycles. The minimum Gasteiger partial charge on any atom is -0.356 e. The van der Waals surface area contributed by atoms with Crippen LogP contribution in [0.3, 0.4) is 0 Å². The second kappa shape index (κ2) is 8.93. The Labute approximate surface area is 124 Å². The van der Waals surface area contributed by atoms with Crippen molar-refractivity contribution in [1.29, 1.82) is 0 Å². The molecule has 0 radical (unpaired) electrons. The molecule has 0 N–H and O–H groups in total. The van der Waals surface area contributed by atoms with Crippen molar-refractivity contribution in [2.24, 2.45) is 0 Å². The van der Waals surface area contributed by atoms with Crippen molar-refractivity contribution >= 4 is 13.3 Å². The highest BCUT2D eigenvalue weighted by Crippen LogP contribution is 2.06. The van der Waals surface area contributed by atoms with Crippen LogP contribution in [0.1, 0.15) is 19.3 Å². The molecule has 0 saturated heterocycles. The molecule has 0 unspecified atom stereocenters. The van der Waals surface area contributed by atoms with Crippen LogP contribution in [0.25, 0.3) is 0 Å². The van der Waals surface area contributed by atoms with Crippen molar-refractivity contribution in [1.82, 2.24) is 0 Å². The maximum absolute atomic E-state index is 5.16. The van der Waals surface area contributed by atoms with E-state index >= 15 is 0 Å². The molecule has 0 spiro atoms. The molecular formula is C17H26O2Si. The Balaban J connectivity index is 2.45. The summed E-state index contributed by atoms with van der Waals surface area (Å²) in [5, 5.41) is 1.44. The number of methoxy groups -OCH3 is 2. The summed E-state index contributed by atoms with van der Waals surface area (Å²) >= 11 is 0. The lowest BCUT2D eigenvalue weighted by Gasteiger charge is -2.16. The predicted molar refractivity (Wildman–Crippen MR) is 87.9 cm³/mol. The van der Waals surface area contributed by atoms with Gasteiger partial charge in [0.15, 0.2) is 6.29 Å². The minimum absolute atomic E-state index is 0.0810. The van der Waals surface area contributed by atoms with Gasteiger partial charge in [-0.1, -0.05) is 48.6 Å². The molecule has 0 amide bonds. The van der Waals surface area contributed by atoms with E-state index in [-0.39, 0.29) is 6.29 Å². The average molecular weight is 290 g/mol. The molecule has 110 valence electrons. The third-order valence-corrected chi connectivity index (χ3v) is 6.10. The fraction of sp³-hybridized carbons (Fsp3) is 0.471. The lowest BCUT2D eigenvalue weighted by atomic mass is 10.2. The van der Waals surface area contributed by atoms with Crippen LogP contribution in [0.2, 0.25) is 13.1 Å². The lowest BCUT2D eigenvalue weighted by Crippen LogP contribution is -2.39. The van der Waals surface area contributed by atoms with Gasteiger partial charge >= 0.3 is 0 Å². The molecule has 0 aliphatic rings. The van der Waals surface area contributed by atoms with E-state index in [9.17, 15) is 0 Å². The van der Waals surface area contributed by atoms with Crippen LogP contribution < -0.4 is 5.19 Å². The Bertz CT molecular complexity index is 430. The fourth-order valence-electron chi connectivity index (χ4n) is 2.02. The molecule has 1 aromatic carbocycles. The fourth-order valence-corrected chi connectivity index (χ4v) is 3.77. The summed E-state index contributed by atoms with van der Waals surface area (Å²) in [7, 11) is 1.86. The number of rotatable bonds is 8. The molecule has 2 nitrogen and oxygen atoms in total. The van der Waals surface area contributed by atoms with Gasteiger partial charge in [0.2, 0.25) is 0 Å². The maximum atomic E-state index is 5.16. The van der Waals surface area contributed by atoms with Gasteiger partial charge in [0.1, 0.15) is 8.07 Å². The predicted octanol–water partition coefficient (Wildman–Crippen LogP) is 3.64. The molecule has 3 heteroatoms. The van der Waals surface area contributed by atoms with E-state index in [0.29, 0.717) is 0 Å². The number of allylic oxidation sites excluding steroid dienone is 1. The quantitative estimate of drug-likeness (QED) is 0.315. The highest BCUT2D eigenvalue weighted by molar-refractivity contribution is 6.93. The first-order valence-electron chi connectivity index (χ1n) is 7.13. The summed E-state index contributed by atoms with van der Waals surface area (Å²) in [6.07, 6.45) is 5.03. The summed E-state index contributed by atoms with van der Waals surface area (Å²) in [6, 6.07) is 10.7. The van der Waals surface area contributed by atoms with E-state index in [1.165, 1.54) is 5.19 Å². The molecule has 0 bridgehead atoms. The molecule has 0 aliphatic heterocycles. The van der Waals surface area contributed by atoms with Gasteiger partial charge in [-0.3, -0.25) is 0 Å². The zero-order chi connectivity index (χ0) is 14.8. The zero-order valence-corrected chi connectivity index (χ0v) is 14.1. The van der Waals surface area contributed by atoms with Gasteiger partial charge in [-0.25, -0.2) is 0 Å². The van der Waals surface area contributed by atoms with Crippen molar-refractivity contribution in [2.75, 3.05) is 14.2 Å². The molecule has 0 fully saturated rings. The van der Waals surface area contributed by atoms with E-state index in [0.717, 1.165) is 19.3 Å². The largest absolute Gasteiger partial charge is 0.356 e. The van der Waals surface area contributed by atoms with Crippen molar-refractivity contribution in [3.8, 4) is 0 Å². The molecule has 0 atom stereocenters. The summed E-state index contributed by atoms with van der Waals surface area (Å²) in [4.78, 5) is 0. The van der Waals surface area contributed by atoms with Crippen LogP contribution in [0.15, 0.2) is 47.8 Å². The normalized spacial score (nSPS) is 11.2. The summed E-state index contributed by atoms with van der Waals surface area (Å²) < 4.78 is 10.3. The Hall–Kier alpha value is -1.12. The van der Waals surface area contributed by atoms with Crippen molar-refractivity contribution < 1.29 is 9.47 Å². The maximum Gasteiger partial charge on any atom is 0.156 e. The third kappa shape index (κ3) is 5.89. The van der Waals surface area contributed by atoms with Crippen molar-refractivity contribution in [2.45, 2.75) is 38.6 Å². The first-order valence-corrected chi connectivity index (χ1v) is 10.2. The summed E-state index contributed by atoms with van der Waals surface area (Å²) in [5.41, 5.74) is 5.63. The van der Waals surface area contributed by atoms with Crippen LogP contribution >= 0.6 is 0 Å². The Morgan fingerprint density at radius 2 is 1.80 bits per heavy atom. The smallest absolute Gasteiger partial charge is 0.156 e. The van der Waals surface area contributed by atoms with E-state index in [1.807, 2.05) is 0 Å². The van der Waals surface area contributed by atoms with Gasteiger partial charge in [0.05, 0.1) is 0 Å². The zero-order valence-electron chi connectivity index (χ0n) is 13.1. The third-order valence-electron chi connectivity index (χ3n) is 3.39. The lowest BCUT2D eigenvalue weighted by molar-refractivity contribution is -0.106. The molecule has 20 heavy (non-hydrogen) atoms. The van der Waals surface area contributed by atoms with Gasteiger partial charge < -0.3 is 9.47 Å². The summed E-state index contributed by atoms with van der Waals surface area (Å²) in [6.45, 7) is 4.68. The van der Waals surface area contributed by atoms with Gasteiger partial charge in [-0.05, 0) is 31.0 Å². The number of benzene rings is 1.